The number of rotatable bonds is 6. The molecule has 30 heavy (non-hydrogen) atoms. The molecule has 6 nitrogen and oxygen atoms in total. The van der Waals surface area contributed by atoms with Gasteiger partial charge in [0.05, 0.1) is 24.3 Å². The highest BCUT2D eigenvalue weighted by Crippen LogP contribution is 2.20. The van der Waals surface area contributed by atoms with Crippen LogP contribution in [-0.2, 0) is 16.0 Å². The third kappa shape index (κ3) is 5.07. The zero-order valence-corrected chi connectivity index (χ0v) is 18.3. The van der Waals surface area contributed by atoms with Gasteiger partial charge in [0.15, 0.2) is 0 Å². The number of aromatic nitrogens is 2. The first-order chi connectivity index (χ1) is 14.2. The summed E-state index contributed by atoms with van der Waals surface area (Å²) in [6.07, 6.45) is 0.180. The molecule has 1 aromatic heterocycles. The second kappa shape index (κ2) is 9.13. The molecule has 1 heterocycles. The minimum atomic E-state index is -0.236. The summed E-state index contributed by atoms with van der Waals surface area (Å²) in [6, 6.07) is 14.9. The van der Waals surface area contributed by atoms with Gasteiger partial charge < -0.3 is 10.2 Å². The van der Waals surface area contributed by atoms with Crippen LogP contribution >= 0.6 is 11.6 Å². The Morgan fingerprint density at radius 3 is 2.30 bits per heavy atom. The molecule has 0 bridgehead atoms. The van der Waals surface area contributed by atoms with Crippen molar-refractivity contribution >= 4 is 29.1 Å². The van der Waals surface area contributed by atoms with Crippen LogP contribution in [0.2, 0.25) is 5.02 Å². The van der Waals surface area contributed by atoms with E-state index in [1.54, 1.807) is 23.9 Å². The van der Waals surface area contributed by atoms with Crippen LogP contribution in [0.3, 0.4) is 0 Å². The first-order valence-electron chi connectivity index (χ1n) is 9.66. The van der Waals surface area contributed by atoms with Crippen molar-refractivity contribution in [1.82, 2.24) is 14.7 Å². The molecule has 1 N–H and O–H groups in total. The van der Waals surface area contributed by atoms with Gasteiger partial charge in [-0.1, -0.05) is 29.3 Å². The van der Waals surface area contributed by atoms with Crippen molar-refractivity contribution < 1.29 is 9.59 Å². The molecule has 0 aliphatic rings. The first kappa shape index (κ1) is 21.6. The van der Waals surface area contributed by atoms with E-state index < -0.39 is 0 Å². The third-order valence-corrected chi connectivity index (χ3v) is 5.23. The molecule has 3 rings (SSSR count). The summed E-state index contributed by atoms with van der Waals surface area (Å²) < 4.78 is 1.80. The molecule has 0 radical (unpaired) electrons. The number of benzene rings is 2. The maximum atomic E-state index is 12.7. The van der Waals surface area contributed by atoms with E-state index in [2.05, 4.69) is 10.4 Å². The van der Waals surface area contributed by atoms with Crippen LogP contribution in [0.5, 0.6) is 0 Å². The molecular weight excluding hydrogens is 400 g/mol. The zero-order chi connectivity index (χ0) is 21.8. The molecule has 0 aliphatic carbocycles. The van der Waals surface area contributed by atoms with Crippen LogP contribution in [0.25, 0.3) is 5.69 Å². The SMILES string of the molecule is Cc1ccc(NC(=O)CN(C)C(=O)Cc2c(C)nn(-c3ccc(Cl)cc3)c2C)cc1. The van der Waals surface area contributed by atoms with E-state index >= 15 is 0 Å². The van der Waals surface area contributed by atoms with Crippen molar-refractivity contribution in [2.45, 2.75) is 27.2 Å². The molecule has 0 unspecified atom stereocenters. The lowest BCUT2D eigenvalue weighted by Gasteiger charge is -2.17. The quantitative estimate of drug-likeness (QED) is 0.648. The summed E-state index contributed by atoms with van der Waals surface area (Å²) >= 11 is 5.97. The number of anilines is 1. The monoisotopic (exact) mass is 424 g/mol. The summed E-state index contributed by atoms with van der Waals surface area (Å²) in [5, 5.41) is 8.04. The molecule has 156 valence electrons. The molecule has 2 amide bonds. The fraction of sp³-hybridized carbons (Fsp3) is 0.261. The van der Waals surface area contributed by atoms with E-state index in [-0.39, 0.29) is 24.8 Å². The standard InChI is InChI=1S/C23H25ClN4O2/c1-15-5-9-19(10-6-15)25-22(29)14-27(4)23(30)13-21-16(2)26-28(17(21)3)20-11-7-18(24)8-12-20/h5-12H,13-14H2,1-4H3,(H,25,29). The largest absolute Gasteiger partial charge is 0.336 e. The van der Waals surface area contributed by atoms with E-state index in [9.17, 15) is 9.59 Å². The molecule has 0 spiro atoms. The predicted molar refractivity (Wildman–Crippen MR) is 119 cm³/mol. The van der Waals surface area contributed by atoms with Crippen molar-refractivity contribution in [3.63, 3.8) is 0 Å². The maximum Gasteiger partial charge on any atom is 0.243 e. The van der Waals surface area contributed by atoms with Crippen LogP contribution in [-0.4, -0.2) is 40.1 Å². The van der Waals surface area contributed by atoms with Crippen LogP contribution in [0, 0.1) is 20.8 Å². The average Bonchev–Trinajstić information content (AvgIpc) is 2.98. The minimum absolute atomic E-state index is 0.0177. The van der Waals surface area contributed by atoms with E-state index in [1.165, 1.54) is 4.90 Å². The number of hydrogen-bond donors (Lipinski definition) is 1. The Labute approximate surface area is 181 Å². The van der Waals surface area contributed by atoms with Gasteiger partial charge in [-0.2, -0.15) is 5.10 Å². The number of nitrogens with one attached hydrogen (secondary N) is 1. The fourth-order valence-electron chi connectivity index (χ4n) is 3.19. The second-order valence-corrected chi connectivity index (χ2v) is 7.81. The molecule has 2 aromatic carbocycles. The first-order valence-corrected chi connectivity index (χ1v) is 10.0. The lowest BCUT2D eigenvalue weighted by molar-refractivity contribution is -0.132. The van der Waals surface area contributed by atoms with Crippen molar-refractivity contribution in [1.29, 1.82) is 0 Å². The van der Waals surface area contributed by atoms with Crippen LogP contribution in [0.4, 0.5) is 5.69 Å². The summed E-state index contributed by atoms with van der Waals surface area (Å²) in [4.78, 5) is 26.4. The number of carbonyl (C=O) groups excluding carboxylic acids is 2. The van der Waals surface area contributed by atoms with E-state index in [1.807, 2.05) is 57.2 Å². The smallest absolute Gasteiger partial charge is 0.243 e. The van der Waals surface area contributed by atoms with Gasteiger partial charge in [0, 0.05) is 29.0 Å². The molecular formula is C23H25ClN4O2. The third-order valence-electron chi connectivity index (χ3n) is 4.98. The highest BCUT2D eigenvalue weighted by Gasteiger charge is 2.19. The van der Waals surface area contributed by atoms with Crippen LogP contribution < -0.4 is 5.32 Å². The van der Waals surface area contributed by atoms with Gasteiger partial charge in [-0.05, 0) is 57.2 Å². The summed E-state index contributed by atoms with van der Waals surface area (Å²) in [6.45, 7) is 5.78. The van der Waals surface area contributed by atoms with Gasteiger partial charge in [0.2, 0.25) is 11.8 Å². The molecule has 0 aliphatic heterocycles. The average molecular weight is 425 g/mol. The maximum absolute atomic E-state index is 12.7. The van der Waals surface area contributed by atoms with Crippen LogP contribution in [0.1, 0.15) is 22.5 Å². The number of carbonyl (C=O) groups is 2. The Morgan fingerprint density at radius 1 is 1.03 bits per heavy atom. The normalized spacial score (nSPS) is 10.7. The number of nitrogens with zero attached hydrogens (tertiary/aromatic N) is 3. The molecule has 7 heteroatoms. The van der Waals surface area contributed by atoms with E-state index in [0.717, 1.165) is 28.2 Å². The predicted octanol–water partition coefficient (Wildman–Crippen LogP) is 4.09. The minimum Gasteiger partial charge on any atom is -0.336 e. The Kier molecular flexibility index (Phi) is 6.57. The topological polar surface area (TPSA) is 67.2 Å². The van der Waals surface area contributed by atoms with Crippen molar-refractivity contribution in [2.75, 3.05) is 18.9 Å². The Hall–Kier alpha value is -3.12. The summed E-state index contributed by atoms with van der Waals surface area (Å²) in [7, 11) is 1.63. The summed E-state index contributed by atoms with van der Waals surface area (Å²) in [5.74, 6) is -0.379. The van der Waals surface area contributed by atoms with Gasteiger partial charge in [-0.15, -0.1) is 0 Å². The van der Waals surface area contributed by atoms with Gasteiger partial charge in [-0.3, -0.25) is 9.59 Å². The van der Waals surface area contributed by atoms with Crippen LogP contribution in [0.15, 0.2) is 48.5 Å². The number of likely N-dealkylation sites (N-methyl/N-ethyl adjacent to an activating group) is 1. The highest BCUT2D eigenvalue weighted by atomic mass is 35.5. The zero-order valence-electron chi connectivity index (χ0n) is 17.6. The number of halogens is 1. The highest BCUT2D eigenvalue weighted by molar-refractivity contribution is 6.30. The molecule has 0 saturated carbocycles. The Morgan fingerprint density at radius 2 is 1.67 bits per heavy atom. The summed E-state index contributed by atoms with van der Waals surface area (Å²) in [5.41, 5.74) is 5.24. The van der Waals surface area contributed by atoms with Gasteiger partial charge in [0.25, 0.3) is 0 Å². The number of aryl methyl sites for hydroxylation is 2. The van der Waals surface area contributed by atoms with E-state index in [4.69, 9.17) is 11.6 Å². The van der Waals surface area contributed by atoms with Gasteiger partial charge in [-0.25, -0.2) is 4.68 Å². The van der Waals surface area contributed by atoms with Gasteiger partial charge >= 0.3 is 0 Å². The lowest BCUT2D eigenvalue weighted by Crippen LogP contribution is -2.36. The second-order valence-electron chi connectivity index (χ2n) is 7.38. The number of amides is 2. The van der Waals surface area contributed by atoms with Crippen molar-refractivity contribution in [3.8, 4) is 5.69 Å². The number of hydrogen-bond acceptors (Lipinski definition) is 3. The van der Waals surface area contributed by atoms with Gasteiger partial charge in [0.1, 0.15) is 0 Å². The molecule has 0 atom stereocenters. The van der Waals surface area contributed by atoms with Crippen molar-refractivity contribution in [2.24, 2.45) is 0 Å². The molecule has 0 saturated heterocycles. The van der Waals surface area contributed by atoms with E-state index in [0.29, 0.717) is 10.7 Å². The Balaban J connectivity index is 1.65. The fourth-order valence-corrected chi connectivity index (χ4v) is 3.32. The molecule has 0 fully saturated rings. The molecule has 3 aromatic rings. The Bertz CT molecular complexity index is 1060. The van der Waals surface area contributed by atoms with Crippen molar-refractivity contribution in [3.05, 3.63) is 76.1 Å². The lowest BCUT2D eigenvalue weighted by atomic mass is 10.1.